The summed E-state index contributed by atoms with van der Waals surface area (Å²) in [6.45, 7) is -0.0628. The Kier molecular flexibility index (Phi) is 4.40. The molecule has 0 amide bonds. The van der Waals surface area contributed by atoms with Crippen molar-refractivity contribution in [2.75, 3.05) is 12.3 Å². The molecule has 2 aliphatic heterocycles. The van der Waals surface area contributed by atoms with E-state index in [1.807, 2.05) is 0 Å². The van der Waals surface area contributed by atoms with Crippen LogP contribution in [0.4, 0.5) is 0 Å². The third kappa shape index (κ3) is 3.38. The van der Waals surface area contributed by atoms with Gasteiger partial charge in [0.25, 0.3) is 15.6 Å². The van der Waals surface area contributed by atoms with Gasteiger partial charge in [0.1, 0.15) is 12.4 Å². The highest BCUT2D eigenvalue weighted by atomic mass is 32.2. The van der Waals surface area contributed by atoms with Gasteiger partial charge in [0.15, 0.2) is 0 Å². The first-order valence-corrected chi connectivity index (χ1v) is 9.21. The first-order valence-electron chi connectivity index (χ1n) is 7.60. The fraction of sp³-hybridized carbons (Fsp3) is 0.333. The number of fused-ring (bicyclic) bond motifs is 1. The Bertz CT molecular complexity index is 1090. The summed E-state index contributed by atoms with van der Waals surface area (Å²) in [5.74, 6) is -0.568. The molecule has 0 bridgehead atoms. The van der Waals surface area contributed by atoms with E-state index in [4.69, 9.17) is 4.74 Å². The lowest BCUT2D eigenvalue weighted by Crippen LogP contribution is -2.38. The van der Waals surface area contributed by atoms with Crippen molar-refractivity contribution in [3.05, 3.63) is 56.5 Å². The summed E-state index contributed by atoms with van der Waals surface area (Å²) in [5, 5.41) is 0. The van der Waals surface area contributed by atoms with Gasteiger partial charge in [-0.2, -0.15) is 0 Å². The number of rotatable bonds is 3. The van der Waals surface area contributed by atoms with Crippen molar-refractivity contribution >= 4 is 21.8 Å². The summed E-state index contributed by atoms with van der Waals surface area (Å²) >= 11 is 0. The van der Waals surface area contributed by atoms with E-state index >= 15 is 0 Å². The number of sulfonamides is 1. The number of aromatic nitrogens is 2. The summed E-state index contributed by atoms with van der Waals surface area (Å²) in [4.78, 5) is 37.3. The van der Waals surface area contributed by atoms with Crippen molar-refractivity contribution < 1.29 is 17.9 Å². The number of esters is 1. The first kappa shape index (κ1) is 17.9. The van der Waals surface area contributed by atoms with E-state index in [1.54, 1.807) is 4.90 Å². The lowest BCUT2D eigenvalue weighted by atomic mass is 10.2. The average molecular weight is 380 g/mol. The van der Waals surface area contributed by atoms with Gasteiger partial charge in [-0.15, -0.1) is 4.40 Å². The van der Waals surface area contributed by atoms with Gasteiger partial charge in [-0.3, -0.25) is 13.9 Å². The van der Waals surface area contributed by atoms with Gasteiger partial charge < -0.3 is 9.64 Å². The third-order valence-electron chi connectivity index (χ3n) is 4.04. The molecule has 0 fully saturated rings. The average Bonchev–Trinajstić information content (AvgIpc) is 2.60. The van der Waals surface area contributed by atoms with Gasteiger partial charge >= 0.3 is 11.7 Å². The second-order valence-electron chi connectivity index (χ2n) is 5.80. The minimum atomic E-state index is -3.47. The Labute approximate surface area is 148 Å². The summed E-state index contributed by atoms with van der Waals surface area (Å²) in [6, 6.07) is 1.22. The zero-order chi connectivity index (χ0) is 19.1. The molecule has 0 saturated carbocycles. The van der Waals surface area contributed by atoms with Crippen molar-refractivity contribution in [1.82, 2.24) is 14.0 Å². The minimum absolute atomic E-state index is 0.140. The molecule has 11 heteroatoms. The highest BCUT2D eigenvalue weighted by Crippen LogP contribution is 2.16. The molecule has 1 aromatic rings. The van der Waals surface area contributed by atoms with Crippen molar-refractivity contribution in [2.45, 2.75) is 6.61 Å². The van der Waals surface area contributed by atoms with E-state index in [0.717, 1.165) is 4.57 Å². The molecule has 0 radical (unpaired) electrons. The molecule has 10 nitrogen and oxygen atoms in total. The molecular formula is C15H16N4O6S. The number of amidine groups is 1. The maximum atomic E-state index is 12.2. The predicted octanol–water partition coefficient (Wildman–Crippen LogP) is -1.38. The highest BCUT2D eigenvalue weighted by molar-refractivity contribution is 7.90. The van der Waals surface area contributed by atoms with Gasteiger partial charge in [0.2, 0.25) is 0 Å². The molecule has 0 aliphatic carbocycles. The second kappa shape index (κ2) is 6.41. The van der Waals surface area contributed by atoms with Gasteiger partial charge in [0.05, 0.1) is 17.0 Å². The standard InChI is InChI=1S/C15H16N4O6S/c1-17-11(7-13(20)18(2)15(17)22)9-25-14(21)10-3-4-12-16-26(23,24)6-5-19(12)8-10/h3-4,7-8H,5-6,9H2,1-2H3. The van der Waals surface area contributed by atoms with Crippen LogP contribution in [0, 0.1) is 0 Å². The summed E-state index contributed by atoms with van der Waals surface area (Å²) in [6.07, 6.45) is 4.28. The van der Waals surface area contributed by atoms with Crippen LogP contribution in [0.5, 0.6) is 0 Å². The zero-order valence-electron chi connectivity index (χ0n) is 14.1. The molecule has 0 aromatic carbocycles. The molecule has 0 spiro atoms. The van der Waals surface area contributed by atoms with Crippen LogP contribution < -0.4 is 11.2 Å². The number of hydrogen-bond acceptors (Lipinski definition) is 7. The van der Waals surface area contributed by atoms with Crippen LogP contribution in [0.15, 0.2) is 44.0 Å². The fourth-order valence-electron chi connectivity index (χ4n) is 2.46. The Balaban J connectivity index is 1.75. The van der Waals surface area contributed by atoms with Crippen LogP contribution in [0.3, 0.4) is 0 Å². The minimum Gasteiger partial charge on any atom is -0.456 e. The van der Waals surface area contributed by atoms with Crippen LogP contribution >= 0.6 is 0 Å². The number of hydrogen-bond donors (Lipinski definition) is 0. The zero-order valence-corrected chi connectivity index (χ0v) is 14.9. The Morgan fingerprint density at radius 1 is 1.23 bits per heavy atom. The Hall–Kier alpha value is -2.95. The first-order chi connectivity index (χ1) is 12.2. The molecule has 3 heterocycles. The van der Waals surface area contributed by atoms with Crippen molar-refractivity contribution in [3.63, 3.8) is 0 Å². The SMILES string of the molecule is Cn1c(COC(=O)C2=CN3CCS(=O)(=O)N=C3C=C2)cc(=O)n(C)c1=O. The fourth-order valence-corrected chi connectivity index (χ4v) is 3.43. The molecular weight excluding hydrogens is 364 g/mol. The number of carbonyl (C=O) groups excluding carboxylic acids is 1. The predicted molar refractivity (Wildman–Crippen MR) is 91.9 cm³/mol. The van der Waals surface area contributed by atoms with Crippen LogP contribution in [0.1, 0.15) is 5.69 Å². The number of nitrogens with zero attached hydrogens (tertiary/aromatic N) is 4. The molecule has 26 heavy (non-hydrogen) atoms. The Morgan fingerprint density at radius 2 is 1.96 bits per heavy atom. The molecule has 0 N–H and O–H groups in total. The maximum Gasteiger partial charge on any atom is 0.340 e. The second-order valence-corrected chi connectivity index (χ2v) is 7.55. The molecule has 2 aliphatic rings. The monoisotopic (exact) mass is 380 g/mol. The van der Waals surface area contributed by atoms with E-state index in [1.165, 1.54) is 43.1 Å². The largest absolute Gasteiger partial charge is 0.456 e. The smallest absolute Gasteiger partial charge is 0.340 e. The quantitative estimate of drug-likeness (QED) is 0.593. The van der Waals surface area contributed by atoms with E-state index in [2.05, 4.69) is 4.40 Å². The lowest BCUT2D eigenvalue weighted by Gasteiger charge is -2.26. The number of carbonyl (C=O) groups is 1. The molecule has 1 aromatic heterocycles. The van der Waals surface area contributed by atoms with Gasteiger partial charge in [-0.25, -0.2) is 18.0 Å². The van der Waals surface area contributed by atoms with Crippen molar-refractivity contribution in [2.24, 2.45) is 18.5 Å². The van der Waals surface area contributed by atoms with Crippen LogP contribution in [-0.4, -0.2) is 46.6 Å². The highest BCUT2D eigenvalue weighted by Gasteiger charge is 2.25. The van der Waals surface area contributed by atoms with Crippen molar-refractivity contribution in [3.8, 4) is 0 Å². The normalized spacial score (nSPS) is 18.0. The van der Waals surface area contributed by atoms with E-state index in [9.17, 15) is 22.8 Å². The van der Waals surface area contributed by atoms with Crippen LogP contribution in [0.25, 0.3) is 0 Å². The topological polar surface area (TPSA) is 120 Å². The number of ether oxygens (including phenoxy) is 1. The van der Waals surface area contributed by atoms with Gasteiger partial charge in [-0.1, -0.05) is 0 Å². The van der Waals surface area contributed by atoms with E-state index in [0.29, 0.717) is 0 Å². The summed E-state index contributed by atoms with van der Waals surface area (Å²) in [5.41, 5.74) is -0.544. The Morgan fingerprint density at radius 3 is 2.69 bits per heavy atom. The van der Waals surface area contributed by atoms with Gasteiger partial charge in [-0.05, 0) is 12.2 Å². The molecule has 138 valence electrons. The molecule has 0 atom stereocenters. The molecule has 0 unspecified atom stereocenters. The summed E-state index contributed by atoms with van der Waals surface area (Å²) < 4.78 is 33.9. The van der Waals surface area contributed by atoms with Crippen molar-refractivity contribution in [1.29, 1.82) is 0 Å². The summed E-state index contributed by atoms with van der Waals surface area (Å²) in [7, 11) is -0.637. The van der Waals surface area contributed by atoms with Gasteiger partial charge in [0, 0.05) is 32.9 Å². The lowest BCUT2D eigenvalue weighted by molar-refractivity contribution is -0.140. The molecule has 0 saturated heterocycles. The third-order valence-corrected chi connectivity index (χ3v) is 5.20. The maximum absolute atomic E-state index is 12.2. The molecule has 3 rings (SSSR count). The van der Waals surface area contributed by atoms with Crippen LogP contribution in [0.2, 0.25) is 0 Å². The van der Waals surface area contributed by atoms with Crippen LogP contribution in [-0.2, 0) is 40.3 Å². The van der Waals surface area contributed by atoms with E-state index in [-0.39, 0.29) is 36.0 Å². The van der Waals surface area contributed by atoms with E-state index < -0.39 is 27.2 Å².